The maximum absolute atomic E-state index is 12.8. The van der Waals surface area contributed by atoms with Crippen LogP contribution in [0.15, 0.2) is 36.5 Å². The molecule has 0 radical (unpaired) electrons. The topological polar surface area (TPSA) is 85.2 Å². The standard InChI is InChI=1S/C17H21FN4O3/c1-22-15(7-10-20-22)14(11-25-2)21-16(23)8-9-19-17(24)12-3-5-13(18)6-4-12/h3-7,10,14H,8-9,11H2,1-2H3,(H,19,24)(H,21,23). The summed E-state index contributed by atoms with van der Waals surface area (Å²) in [5.74, 6) is -0.981. The second-order valence-electron chi connectivity index (χ2n) is 5.47. The summed E-state index contributed by atoms with van der Waals surface area (Å²) in [5.41, 5.74) is 1.17. The molecule has 7 nitrogen and oxygen atoms in total. The van der Waals surface area contributed by atoms with Gasteiger partial charge >= 0.3 is 0 Å². The zero-order valence-corrected chi connectivity index (χ0v) is 14.2. The van der Waals surface area contributed by atoms with Crippen LogP contribution in [0, 0.1) is 5.82 Å². The molecule has 0 bridgehead atoms. The van der Waals surface area contributed by atoms with E-state index >= 15 is 0 Å². The van der Waals surface area contributed by atoms with E-state index in [1.807, 2.05) is 0 Å². The number of benzene rings is 1. The molecule has 2 rings (SSSR count). The molecule has 0 aliphatic rings. The predicted octanol–water partition coefficient (Wildman–Crippen LogP) is 1.18. The number of rotatable bonds is 8. The van der Waals surface area contributed by atoms with E-state index in [0.717, 1.165) is 5.69 Å². The number of hydrogen-bond acceptors (Lipinski definition) is 4. The summed E-state index contributed by atoms with van der Waals surface area (Å²) in [7, 11) is 3.34. The van der Waals surface area contributed by atoms with Crippen molar-refractivity contribution >= 4 is 11.8 Å². The fourth-order valence-electron chi connectivity index (χ4n) is 2.35. The molecule has 2 amide bonds. The molecule has 0 aliphatic heterocycles. The van der Waals surface area contributed by atoms with Gasteiger partial charge in [-0.2, -0.15) is 5.10 Å². The van der Waals surface area contributed by atoms with Crippen molar-refractivity contribution in [1.82, 2.24) is 20.4 Å². The molecule has 8 heteroatoms. The number of ether oxygens (including phenoxy) is 1. The summed E-state index contributed by atoms with van der Waals surface area (Å²) >= 11 is 0. The van der Waals surface area contributed by atoms with Gasteiger partial charge in [-0.1, -0.05) is 0 Å². The molecule has 1 aromatic carbocycles. The Kier molecular flexibility index (Phi) is 6.64. The van der Waals surface area contributed by atoms with Crippen LogP contribution in [0.2, 0.25) is 0 Å². The lowest BCUT2D eigenvalue weighted by molar-refractivity contribution is -0.122. The Morgan fingerprint density at radius 2 is 2.00 bits per heavy atom. The summed E-state index contributed by atoms with van der Waals surface area (Å²) in [4.78, 5) is 24.0. The molecule has 2 N–H and O–H groups in total. The highest BCUT2D eigenvalue weighted by molar-refractivity contribution is 5.94. The first-order chi connectivity index (χ1) is 12.0. The molecule has 0 saturated carbocycles. The highest BCUT2D eigenvalue weighted by atomic mass is 19.1. The van der Waals surface area contributed by atoms with E-state index in [9.17, 15) is 14.0 Å². The second kappa shape index (κ2) is 8.93. The second-order valence-corrected chi connectivity index (χ2v) is 5.47. The highest BCUT2D eigenvalue weighted by Gasteiger charge is 2.17. The molecular formula is C17H21FN4O3. The first-order valence-corrected chi connectivity index (χ1v) is 7.81. The third kappa shape index (κ3) is 5.39. The van der Waals surface area contributed by atoms with E-state index in [4.69, 9.17) is 4.74 Å². The quantitative estimate of drug-likeness (QED) is 0.750. The third-order valence-electron chi connectivity index (χ3n) is 3.63. The average molecular weight is 348 g/mol. The van der Waals surface area contributed by atoms with Crippen molar-refractivity contribution in [3.8, 4) is 0 Å². The van der Waals surface area contributed by atoms with E-state index in [1.54, 1.807) is 31.1 Å². The third-order valence-corrected chi connectivity index (χ3v) is 3.63. The Morgan fingerprint density at radius 3 is 2.60 bits per heavy atom. The van der Waals surface area contributed by atoms with Gasteiger partial charge < -0.3 is 15.4 Å². The number of amides is 2. The van der Waals surface area contributed by atoms with Crippen LogP contribution in [0.4, 0.5) is 4.39 Å². The van der Waals surface area contributed by atoms with E-state index < -0.39 is 5.82 Å². The molecule has 0 fully saturated rings. The van der Waals surface area contributed by atoms with Gasteiger partial charge in [-0.05, 0) is 30.3 Å². The average Bonchev–Trinajstić information content (AvgIpc) is 3.01. The monoisotopic (exact) mass is 348 g/mol. The minimum absolute atomic E-state index is 0.116. The van der Waals surface area contributed by atoms with Gasteiger partial charge in [0.15, 0.2) is 0 Å². The van der Waals surface area contributed by atoms with Crippen LogP contribution in [0.5, 0.6) is 0 Å². The highest BCUT2D eigenvalue weighted by Crippen LogP contribution is 2.12. The van der Waals surface area contributed by atoms with Crippen LogP contribution < -0.4 is 10.6 Å². The molecule has 0 saturated heterocycles. The normalized spacial score (nSPS) is 11.8. The molecule has 1 aromatic heterocycles. The Balaban J connectivity index is 1.82. The Bertz CT molecular complexity index is 715. The van der Waals surface area contributed by atoms with Crippen LogP contribution in [0.3, 0.4) is 0 Å². The van der Waals surface area contributed by atoms with Gasteiger partial charge in [0.2, 0.25) is 5.91 Å². The first-order valence-electron chi connectivity index (χ1n) is 7.81. The van der Waals surface area contributed by atoms with Gasteiger partial charge in [-0.3, -0.25) is 14.3 Å². The first kappa shape index (κ1) is 18.6. The summed E-state index contributed by atoms with van der Waals surface area (Å²) < 4.78 is 19.6. The van der Waals surface area contributed by atoms with Crippen LogP contribution in [0.25, 0.3) is 0 Å². The number of halogens is 1. The lowest BCUT2D eigenvalue weighted by atomic mass is 10.2. The smallest absolute Gasteiger partial charge is 0.251 e. The molecule has 134 valence electrons. The summed E-state index contributed by atoms with van der Waals surface area (Å²) in [6.07, 6.45) is 1.76. The van der Waals surface area contributed by atoms with Gasteiger partial charge in [0.25, 0.3) is 5.91 Å². The summed E-state index contributed by atoms with van der Waals surface area (Å²) in [6, 6.07) is 6.69. The zero-order valence-electron chi connectivity index (χ0n) is 14.2. The number of carbonyl (C=O) groups excluding carboxylic acids is 2. The Morgan fingerprint density at radius 1 is 1.28 bits per heavy atom. The molecule has 0 spiro atoms. The molecule has 1 unspecified atom stereocenters. The Hall–Kier alpha value is -2.74. The molecule has 1 heterocycles. The zero-order chi connectivity index (χ0) is 18.2. The largest absolute Gasteiger partial charge is 0.382 e. The summed E-state index contributed by atoms with van der Waals surface area (Å²) in [5, 5.41) is 9.56. The fourth-order valence-corrected chi connectivity index (χ4v) is 2.35. The van der Waals surface area contributed by atoms with Gasteiger partial charge in [0.1, 0.15) is 5.82 Å². The summed E-state index contributed by atoms with van der Waals surface area (Å²) in [6.45, 7) is 0.486. The number of nitrogens with zero attached hydrogens (tertiary/aromatic N) is 2. The number of aryl methyl sites for hydroxylation is 1. The number of carbonyl (C=O) groups is 2. The van der Waals surface area contributed by atoms with Crippen LogP contribution in [-0.2, 0) is 16.6 Å². The number of aromatic nitrogens is 2. The van der Waals surface area contributed by atoms with Gasteiger partial charge in [0.05, 0.1) is 18.3 Å². The molecule has 0 aliphatic carbocycles. The lowest BCUT2D eigenvalue weighted by Gasteiger charge is -2.18. The maximum atomic E-state index is 12.8. The fraction of sp³-hybridized carbons (Fsp3) is 0.353. The molecule has 2 aromatic rings. The molecule has 1 atom stereocenters. The van der Waals surface area contributed by atoms with Crippen LogP contribution in [0.1, 0.15) is 28.5 Å². The number of hydrogen-bond donors (Lipinski definition) is 2. The van der Waals surface area contributed by atoms with Crippen LogP contribution >= 0.6 is 0 Å². The number of methoxy groups -OCH3 is 1. The molecule has 25 heavy (non-hydrogen) atoms. The van der Waals surface area contributed by atoms with Crippen molar-refractivity contribution in [3.63, 3.8) is 0 Å². The van der Waals surface area contributed by atoms with Gasteiger partial charge in [0, 0.05) is 38.9 Å². The van der Waals surface area contributed by atoms with E-state index in [2.05, 4.69) is 15.7 Å². The van der Waals surface area contributed by atoms with Crippen LogP contribution in [-0.4, -0.2) is 41.9 Å². The van der Waals surface area contributed by atoms with E-state index in [0.29, 0.717) is 12.2 Å². The van der Waals surface area contributed by atoms with Gasteiger partial charge in [-0.15, -0.1) is 0 Å². The van der Waals surface area contributed by atoms with Crippen molar-refractivity contribution in [2.24, 2.45) is 7.05 Å². The van der Waals surface area contributed by atoms with Crippen molar-refractivity contribution in [2.75, 3.05) is 20.3 Å². The van der Waals surface area contributed by atoms with Crippen molar-refractivity contribution in [3.05, 3.63) is 53.6 Å². The minimum Gasteiger partial charge on any atom is -0.382 e. The SMILES string of the molecule is COCC(NC(=O)CCNC(=O)c1ccc(F)cc1)c1ccnn1C. The Labute approximate surface area is 145 Å². The maximum Gasteiger partial charge on any atom is 0.251 e. The molecular weight excluding hydrogens is 327 g/mol. The number of nitrogens with one attached hydrogen (secondary N) is 2. The van der Waals surface area contributed by atoms with Gasteiger partial charge in [-0.25, -0.2) is 4.39 Å². The van der Waals surface area contributed by atoms with E-state index in [-0.39, 0.29) is 30.8 Å². The van der Waals surface area contributed by atoms with E-state index in [1.165, 1.54) is 24.3 Å². The van der Waals surface area contributed by atoms with Crippen molar-refractivity contribution < 1.29 is 18.7 Å². The minimum atomic E-state index is -0.407. The van der Waals surface area contributed by atoms with Crippen molar-refractivity contribution in [2.45, 2.75) is 12.5 Å². The lowest BCUT2D eigenvalue weighted by Crippen LogP contribution is -2.35. The predicted molar refractivity (Wildman–Crippen MR) is 89.3 cm³/mol. The van der Waals surface area contributed by atoms with Crippen molar-refractivity contribution in [1.29, 1.82) is 0 Å².